The molecular formula is C14H15BrN2O. The van der Waals surface area contributed by atoms with Crippen LogP contribution in [0.4, 0.5) is 5.69 Å². The Kier molecular flexibility index (Phi) is 3.87. The fourth-order valence-corrected chi connectivity index (χ4v) is 2.02. The molecule has 0 saturated heterocycles. The Morgan fingerprint density at radius 3 is 2.67 bits per heavy atom. The van der Waals surface area contributed by atoms with Crippen LogP contribution >= 0.6 is 15.9 Å². The van der Waals surface area contributed by atoms with Gasteiger partial charge in [-0.15, -0.1) is 0 Å². The van der Waals surface area contributed by atoms with Gasteiger partial charge in [-0.3, -0.25) is 0 Å². The number of aryl methyl sites for hydroxylation is 1. The lowest BCUT2D eigenvalue weighted by Gasteiger charge is -2.14. The molecule has 0 fully saturated rings. The Morgan fingerprint density at radius 1 is 1.22 bits per heavy atom. The number of benzene rings is 1. The summed E-state index contributed by atoms with van der Waals surface area (Å²) in [5.41, 5.74) is 2.10. The summed E-state index contributed by atoms with van der Waals surface area (Å²) >= 11 is 3.39. The molecule has 1 aromatic heterocycles. The number of aromatic nitrogens is 1. The predicted molar refractivity (Wildman–Crippen MR) is 77.5 cm³/mol. The van der Waals surface area contributed by atoms with Gasteiger partial charge in [-0.1, -0.05) is 6.07 Å². The van der Waals surface area contributed by atoms with E-state index in [1.807, 2.05) is 56.3 Å². The van der Waals surface area contributed by atoms with Crippen LogP contribution < -0.4 is 9.64 Å². The van der Waals surface area contributed by atoms with Gasteiger partial charge in [0.05, 0.1) is 0 Å². The van der Waals surface area contributed by atoms with E-state index in [2.05, 4.69) is 20.9 Å². The Hall–Kier alpha value is -1.55. The summed E-state index contributed by atoms with van der Waals surface area (Å²) in [5, 5.41) is 0. The lowest BCUT2D eigenvalue weighted by molar-refractivity contribution is 0.459. The standard InChI is InChI=1S/C14H15BrN2O/c1-10-7-11(15)9-16-14(10)18-13-6-4-5-12(8-13)17(2)3/h4-9H,1-3H3. The van der Waals surface area contributed by atoms with Gasteiger partial charge in [-0.25, -0.2) is 4.98 Å². The third-order valence-electron chi connectivity index (χ3n) is 2.55. The van der Waals surface area contributed by atoms with Crippen molar-refractivity contribution in [2.24, 2.45) is 0 Å². The molecule has 0 unspecified atom stereocenters. The lowest BCUT2D eigenvalue weighted by atomic mass is 10.3. The molecule has 0 aliphatic carbocycles. The molecule has 0 saturated carbocycles. The van der Waals surface area contributed by atoms with Gasteiger partial charge in [0.25, 0.3) is 0 Å². The Morgan fingerprint density at radius 2 is 2.00 bits per heavy atom. The topological polar surface area (TPSA) is 25.4 Å². The van der Waals surface area contributed by atoms with Crippen molar-refractivity contribution in [3.05, 3.63) is 46.6 Å². The first-order valence-electron chi connectivity index (χ1n) is 5.63. The summed E-state index contributed by atoms with van der Waals surface area (Å²) in [5.74, 6) is 1.42. The van der Waals surface area contributed by atoms with Crippen LogP contribution in [0.1, 0.15) is 5.56 Å². The van der Waals surface area contributed by atoms with E-state index in [-0.39, 0.29) is 0 Å². The largest absolute Gasteiger partial charge is 0.439 e. The van der Waals surface area contributed by atoms with Crippen molar-refractivity contribution >= 4 is 21.6 Å². The van der Waals surface area contributed by atoms with Crippen molar-refractivity contribution in [2.45, 2.75) is 6.92 Å². The lowest BCUT2D eigenvalue weighted by Crippen LogP contribution is -2.08. The molecule has 94 valence electrons. The van der Waals surface area contributed by atoms with Gasteiger partial charge in [0.15, 0.2) is 0 Å². The SMILES string of the molecule is Cc1cc(Br)cnc1Oc1cccc(N(C)C)c1. The second-order valence-corrected chi connectivity index (χ2v) is 5.19. The van der Waals surface area contributed by atoms with Gasteiger partial charge in [0.1, 0.15) is 5.75 Å². The minimum absolute atomic E-state index is 0.633. The van der Waals surface area contributed by atoms with Crippen LogP contribution in [0.3, 0.4) is 0 Å². The average molecular weight is 307 g/mol. The zero-order valence-corrected chi connectivity index (χ0v) is 12.2. The molecule has 0 aliphatic rings. The van der Waals surface area contributed by atoms with Crippen LogP contribution in [0.5, 0.6) is 11.6 Å². The normalized spacial score (nSPS) is 10.2. The van der Waals surface area contributed by atoms with E-state index in [0.29, 0.717) is 5.88 Å². The first-order chi connectivity index (χ1) is 8.56. The van der Waals surface area contributed by atoms with E-state index in [9.17, 15) is 0 Å². The first-order valence-corrected chi connectivity index (χ1v) is 6.43. The van der Waals surface area contributed by atoms with Crippen molar-refractivity contribution in [3.63, 3.8) is 0 Å². The molecule has 4 heteroatoms. The minimum atomic E-state index is 0.633. The zero-order valence-electron chi connectivity index (χ0n) is 10.6. The van der Waals surface area contributed by atoms with E-state index in [0.717, 1.165) is 21.5 Å². The maximum Gasteiger partial charge on any atom is 0.222 e. The number of anilines is 1. The molecule has 0 aliphatic heterocycles. The van der Waals surface area contributed by atoms with Crippen molar-refractivity contribution < 1.29 is 4.74 Å². The quantitative estimate of drug-likeness (QED) is 0.856. The highest BCUT2D eigenvalue weighted by atomic mass is 79.9. The predicted octanol–water partition coefficient (Wildman–Crippen LogP) is 4.01. The molecule has 2 rings (SSSR count). The molecule has 0 radical (unpaired) electrons. The molecule has 1 heterocycles. The zero-order chi connectivity index (χ0) is 13.1. The Labute approximate surface area is 116 Å². The number of rotatable bonds is 3. The third kappa shape index (κ3) is 3.01. The monoisotopic (exact) mass is 306 g/mol. The number of nitrogens with zero attached hydrogens (tertiary/aromatic N) is 2. The molecule has 0 amide bonds. The smallest absolute Gasteiger partial charge is 0.222 e. The van der Waals surface area contributed by atoms with Crippen LogP contribution in [0.25, 0.3) is 0 Å². The molecule has 0 atom stereocenters. The Balaban J connectivity index is 2.25. The van der Waals surface area contributed by atoms with E-state index in [1.54, 1.807) is 6.20 Å². The highest BCUT2D eigenvalue weighted by Gasteiger charge is 2.05. The highest BCUT2D eigenvalue weighted by Crippen LogP contribution is 2.27. The summed E-state index contributed by atoms with van der Waals surface area (Å²) in [6.45, 7) is 1.98. The second-order valence-electron chi connectivity index (χ2n) is 4.27. The van der Waals surface area contributed by atoms with Crippen molar-refractivity contribution in [3.8, 4) is 11.6 Å². The van der Waals surface area contributed by atoms with Crippen LogP contribution in [0, 0.1) is 6.92 Å². The summed E-state index contributed by atoms with van der Waals surface area (Å²) in [6, 6.07) is 9.91. The molecule has 3 nitrogen and oxygen atoms in total. The number of halogens is 1. The van der Waals surface area contributed by atoms with Gasteiger partial charge < -0.3 is 9.64 Å². The van der Waals surface area contributed by atoms with Gasteiger partial charge in [-0.05, 0) is 41.1 Å². The number of hydrogen-bond acceptors (Lipinski definition) is 3. The van der Waals surface area contributed by atoms with Crippen molar-refractivity contribution in [1.82, 2.24) is 4.98 Å². The van der Waals surface area contributed by atoms with Gasteiger partial charge >= 0.3 is 0 Å². The van der Waals surface area contributed by atoms with Gasteiger partial charge in [0.2, 0.25) is 5.88 Å². The van der Waals surface area contributed by atoms with Crippen LogP contribution in [0.15, 0.2) is 41.0 Å². The Bertz CT molecular complexity index is 555. The highest BCUT2D eigenvalue weighted by molar-refractivity contribution is 9.10. The summed E-state index contributed by atoms with van der Waals surface area (Å²) in [4.78, 5) is 6.30. The third-order valence-corrected chi connectivity index (χ3v) is 2.98. The molecule has 1 aromatic carbocycles. The molecule has 0 bridgehead atoms. The molecule has 2 aromatic rings. The molecular weight excluding hydrogens is 292 g/mol. The average Bonchev–Trinajstić information content (AvgIpc) is 2.33. The van der Waals surface area contributed by atoms with Gasteiger partial charge in [0, 0.05) is 42.1 Å². The van der Waals surface area contributed by atoms with Crippen molar-refractivity contribution in [1.29, 1.82) is 0 Å². The maximum absolute atomic E-state index is 5.80. The van der Waals surface area contributed by atoms with Crippen LogP contribution in [0.2, 0.25) is 0 Å². The van der Waals surface area contributed by atoms with Crippen LogP contribution in [-0.2, 0) is 0 Å². The van der Waals surface area contributed by atoms with E-state index >= 15 is 0 Å². The van der Waals surface area contributed by atoms with E-state index in [1.165, 1.54) is 0 Å². The van der Waals surface area contributed by atoms with E-state index < -0.39 is 0 Å². The molecule has 18 heavy (non-hydrogen) atoms. The maximum atomic E-state index is 5.80. The first kappa shape index (κ1) is 12.9. The fraction of sp³-hybridized carbons (Fsp3) is 0.214. The van der Waals surface area contributed by atoms with Gasteiger partial charge in [-0.2, -0.15) is 0 Å². The van der Waals surface area contributed by atoms with E-state index in [4.69, 9.17) is 4.74 Å². The number of ether oxygens (including phenoxy) is 1. The summed E-state index contributed by atoms with van der Waals surface area (Å²) < 4.78 is 6.75. The van der Waals surface area contributed by atoms with Crippen LogP contribution in [-0.4, -0.2) is 19.1 Å². The minimum Gasteiger partial charge on any atom is -0.439 e. The number of hydrogen-bond donors (Lipinski definition) is 0. The summed E-state index contributed by atoms with van der Waals surface area (Å²) in [6.07, 6.45) is 1.73. The van der Waals surface area contributed by atoms with Crippen molar-refractivity contribution in [2.75, 3.05) is 19.0 Å². The molecule has 0 spiro atoms. The fourth-order valence-electron chi connectivity index (χ4n) is 1.57. The number of pyridine rings is 1. The second kappa shape index (κ2) is 5.40. The molecule has 0 N–H and O–H groups in total. The summed E-state index contributed by atoms with van der Waals surface area (Å²) in [7, 11) is 4.00.